The smallest absolute Gasteiger partial charge is 0.345 e. The lowest BCUT2D eigenvalue weighted by molar-refractivity contribution is 0.461. The van der Waals surface area contributed by atoms with Crippen LogP contribution in [0.15, 0.2) is 17.3 Å². The highest BCUT2D eigenvalue weighted by Crippen LogP contribution is 2.38. The van der Waals surface area contributed by atoms with Crippen LogP contribution in [0.5, 0.6) is 0 Å². The van der Waals surface area contributed by atoms with Crippen LogP contribution in [-0.4, -0.2) is 47.6 Å². The van der Waals surface area contributed by atoms with Crippen LogP contribution in [0, 0.1) is 0 Å². The number of nitrogens with one attached hydrogen (secondary N) is 1. The van der Waals surface area contributed by atoms with E-state index in [0.717, 1.165) is 61.4 Å². The fourth-order valence-corrected chi connectivity index (χ4v) is 3.81. The Morgan fingerprint density at radius 2 is 1.96 bits per heavy atom. The standard InChI is InChI=1S/C16H20N8O/c1-22-16(25)24(11-2-3-11)14(21-22)10-4-6-23(7-5-10)15-12-8-19-20-13(12)17-9-18-15/h8-11H,2-7H2,1H3,(H,17,18,19,20). The molecule has 0 amide bonds. The minimum absolute atomic E-state index is 0.0239. The first kappa shape index (κ1) is 14.6. The van der Waals surface area contributed by atoms with Crippen LogP contribution in [0.25, 0.3) is 11.0 Å². The van der Waals surface area contributed by atoms with Crippen LogP contribution in [0.4, 0.5) is 5.82 Å². The maximum Gasteiger partial charge on any atom is 0.345 e. The van der Waals surface area contributed by atoms with Gasteiger partial charge in [-0.25, -0.2) is 19.4 Å². The van der Waals surface area contributed by atoms with Crippen molar-refractivity contribution in [3.8, 4) is 0 Å². The van der Waals surface area contributed by atoms with E-state index in [9.17, 15) is 4.79 Å². The van der Waals surface area contributed by atoms with Crippen molar-refractivity contribution < 1.29 is 0 Å². The van der Waals surface area contributed by atoms with Gasteiger partial charge in [-0.2, -0.15) is 10.2 Å². The van der Waals surface area contributed by atoms with Gasteiger partial charge in [-0.3, -0.25) is 9.67 Å². The Kier molecular flexibility index (Phi) is 3.16. The normalized spacial score (nSPS) is 19.0. The third kappa shape index (κ3) is 2.33. The van der Waals surface area contributed by atoms with Crippen molar-refractivity contribution >= 4 is 16.9 Å². The van der Waals surface area contributed by atoms with Crippen LogP contribution < -0.4 is 10.6 Å². The molecule has 9 heteroatoms. The SMILES string of the molecule is Cn1nc(C2CCN(c3ncnc4[nH]ncc34)CC2)n(C2CC2)c1=O. The average molecular weight is 340 g/mol. The Hall–Kier alpha value is -2.71. The van der Waals surface area contributed by atoms with E-state index in [4.69, 9.17) is 0 Å². The number of piperidine rings is 1. The quantitative estimate of drug-likeness (QED) is 0.763. The van der Waals surface area contributed by atoms with Gasteiger partial charge in [0.15, 0.2) is 5.65 Å². The van der Waals surface area contributed by atoms with Crippen molar-refractivity contribution in [3.63, 3.8) is 0 Å². The molecule has 130 valence electrons. The molecule has 1 saturated carbocycles. The Morgan fingerprint density at radius 3 is 2.72 bits per heavy atom. The van der Waals surface area contributed by atoms with E-state index < -0.39 is 0 Å². The lowest BCUT2D eigenvalue weighted by Crippen LogP contribution is -2.34. The number of nitrogens with zero attached hydrogens (tertiary/aromatic N) is 7. The molecule has 1 aliphatic carbocycles. The number of H-pyrrole nitrogens is 1. The first-order chi connectivity index (χ1) is 12.2. The Balaban J connectivity index is 1.39. The molecule has 0 spiro atoms. The third-order valence-corrected chi connectivity index (χ3v) is 5.28. The van der Waals surface area contributed by atoms with E-state index >= 15 is 0 Å². The molecule has 0 unspecified atom stereocenters. The summed E-state index contributed by atoms with van der Waals surface area (Å²) in [6.07, 6.45) is 7.47. The monoisotopic (exact) mass is 340 g/mol. The third-order valence-electron chi connectivity index (χ3n) is 5.28. The van der Waals surface area contributed by atoms with Crippen LogP contribution >= 0.6 is 0 Å². The molecule has 9 nitrogen and oxygen atoms in total. The predicted molar refractivity (Wildman–Crippen MR) is 91.6 cm³/mol. The molecule has 2 aliphatic rings. The predicted octanol–water partition coefficient (Wildman–Crippen LogP) is 0.967. The van der Waals surface area contributed by atoms with Gasteiger partial charge in [0, 0.05) is 32.1 Å². The van der Waals surface area contributed by atoms with Crippen molar-refractivity contribution in [1.29, 1.82) is 0 Å². The van der Waals surface area contributed by atoms with Crippen molar-refractivity contribution in [2.75, 3.05) is 18.0 Å². The van der Waals surface area contributed by atoms with Crippen LogP contribution in [0.2, 0.25) is 0 Å². The molecular formula is C16H20N8O. The first-order valence-electron chi connectivity index (χ1n) is 8.77. The number of hydrogen-bond donors (Lipinski definition) is 1. The lowest BCUT2D eigenvalue weighted by atomic mass is 9.95. The molecule has 1 aliphatic heterocycles. The van der Waals surface area contributed by atoms with Gasteiger partial charge in [0.25, 0.3) is 0 Å². The molecule has 4 heterocycles. The number of anilines is 1. The Labute approximate surface area is 143 Å². The number of aryl methyl sites for hydroxylation is 1. The van der Waals surface area contributed by atoms with E-state index in [0.29, 0.717) is 12.0 Å². The number of aromatic amines is 1. The average Bonchev–Trinajstić information content (AvgIpc) is 3.27. The number of rotatable bonds is 3. The maximum atomic E-state index is 12.3. The summed E-state index contributed by atoms with van der Waals surface area (Å²) in [4.78, 5) is 23.3. The highest BCUT2D eigenvalue weighted by molar-refractivity contribution is 5.86. The zero-order valence-corrected chi connectivity index (χ0v) is 14.1. The van der Waals surface area contributed by atoms with Gasteiger partial charge in [-0.1, -0.05) is 0 Å². The van der Waals surface area contributed by atoms with Crippen molar-refractivity contribution in [2.24, 2.45) is 7.05 Å². The molecule has 1 saturated heterocycles. The molecule has 3 aromatic heterocycles. The molecule has 0 radical (unpaired) electrons. The zero-order valence-electron chi connectivity index (χ0n) is 14.1. The van der Waals surface area contributed by atoms with Crippen molar-refractivity contribution in [2.45, 2.75) is 37.6 Å². The summed E-state index contributed by atoms with van der Waals surface area (Å²) in [6, 6.07) is 0.363. The number of aromatic nitrogens is 7. The van der Waals surface area contributed by atoms with Crippen LogP contribution in [0.1, 0.15) is 43.5 Å². The molecule has 2 fully saturated rings. The van der Waals surface area contributed by atoms with Gasteiger partial charge in [0.1, 0.15) is 18.0 Å². The maximum absolute atomic E-state index is 12.3. The largest absolute Gasteiger partial charge is 0.356 e. The molecule has 25 heavy (non-hydrogen) atoms. The lowest BCUT2D eigenvalue weighted by Gasteiger charge is -2.32. The Morgan fingerprint density at radius 1 is 1.16 bits per heavy atom. The van der Waals surface area contributed by atoms with Crippen molar-refractivity contribution in [3.05, 3.63) is 28.8 Å². The van der Waals surface area contributed by atoms with Gasteiger partial charge < -0.3 is 4.90 Å². The molecule has 5 rings (SSSR count). The fraction of sp³-hybridized carbons (Fsp3) is 0.562. The topological polar surface area (TPSA) is 97.5 Å². The van der Waals surface area contributed by atoms with E-state index in [2.05, 4.69) is 30.2 Å². The summed E-state index contributed by atoms with van der Waals surface area (Å²) < 4.78 is 3.42. The summed E-state index contributed by atoms with van der Waals surface area (Å²) in [7, 11) is 1.75. The van der Waals surface area contributed by atoms with Crippen LogP contribution in [0.3, 0.4) is 0 Å². The summed E-state index contributed by atoms with van der Waals surface area (Å²) in [5.74, 6) is 2.22. The van der Waals surface area contributed by atoms with Gasteiger partial charge in [-0.05, 0) is 25.7 Å². The summed E-state index contributed by atoms with van der Waals surface area (Å²) in [5.41, 5.74) is 0.787. The number of fused-ring (bicyclic) bond motifs is 1. The first-order valence-corrected chi connectivity index (χ1v) is 8.77. The molecule has 3 aromatic rings. The minimum atomic E-state index is 0.0239. The summed E-state index contributed by atoms with van der Waals surface area (Å²) in [6.45, 7) is 1.77. The van der Waals surface area contributed by atoms with Gasteiger partial charge in [0.2, 0.25) is 0 Å². The van der Waals surface area contributed by atoms with Gasteiger partial charge >= 0.3 is 5.69 Å². The Bertz CT molecular complexity index is 974. The van der Waals surface area contributed by atoms with E-state index in [1.54, 1.807) is 19.6 Å². The second-order valence-corrected chi connectivity index (χ2v) is 6.96. The molecule has 0 bridgehead atoms. The highest BCUT2D eigenvalue weighted by atomic mass is 16.2. The number of hydrogen-bond acceptors (Lipinski definition) is 6. The van der Waals surface area contributed by atoms with E-state index in [-0.39, 0.29) is 5.69 Å². The van der Waals surface area contributed by atoms with Gasteiger partial charge in [0.05, 0.1) is 11.6 Å². The minimum Gasteiger partial charge on any atom is -0.356 e. The second kappa shape index (κ2) is 5.40. The molecule has 1 N–H and O–H groups in total. The molecule has 0 aromatic carbocycles. The fourth-order valence-electron chi connectivity index (χ4n) is 3.81. The summed E-state index contributed by atoms with van der Waals surface area (Å²) in [5, 5.41) is 12.5. The highest BCUT2D eigenvalue weighted by Gasteiger charge is 2.34. The van der Waals surface area contributed by atoms with Gasteiger partial charge in [-0.15, -0.1) is 0 Å². The summed E-state index contributed by atoms with van der Waals surface area (Å²) >= 11 is 0. The van der Waals surface area contributed by atoms with Crippen LogP contribution in [-0.2, 0) is 7.05 Å². The zero-order chi connectivity index (χ0) is 17.0. The second-order valence-electron chi connectivity index (χ2n) is 6.96. The molecular weight excluding hydrogens is 320 g/mol. The molecule has 0 atom stereocenters. The van der Waals surface area contributed by atoms with Crippen molar-refractivity contribution in [1.82, 2.24) is 34.5 Å². The van der Waals surface area contributed by atoms with E-state index in [1.165, 1.54) is 4.68 Å². The van der Waals surface area contributed by atoms with E-state index in [1.807, 2.05) is 4.57 Å².